The summed E-state index contributed by atoms with van der Waals surface area (Å²) < 4.78 is 6.66. The Morgan fingerprint density at radius 2 is 2.35 bits per heavy atom. The Hall–Kier alpha value is -1.56. The van der Waals surface area contributed by atoms with Crippen LogP contribution in [0.5, 0.6) is 0 Å². The molecule has 0 aliphatic rings. The van der Waals surface area contributed by atoms with Gasteiger partial charge in [0.1, 0.15) is 0 Å². The van der Waals surface area contributed by atoms with Gasteiger partial charge in [0.15, 0.2) is 5.82 Å². The number of hydrogen-bond acceptors (Lipinski definition) is 3. The average Bonchev–Trinajstić information content (AvgIpc) is 2.71. The molecule has 0 atom stereocenters. The first kappa shape index (κ1) is 13.5. The molecule has 2 amide bonds. The largest absolute Gasteiger partial charge is 0.383 e. The number of carbonyl (C=O) groups is 1. The fourth-order valence-corrected chi connectivity index (χ4v) is 1.20. The number of nitrogens with one attached hydrogen (secondary N) is 2. The summed E-state index contributed by atoms with van der Waals surface area (Å²) in [5.41, 5.74) is 0. The standard InChI is InChI=1S/C11H20N4O2/c1-9(2)8-12-11(16)13-10-4-5-15(14-10)6-7-17-3/h4-5,9H,6-8H2,1-3H3,(H2,12,13,14,16). The molecule has 0 spiro atoms. The second kappa shape index (κ2) is 6.90. The van der Waals surface area contributed by atoms with Crippen LogP contribution in [0, 0.1) is 5.92 Å². The number of carbonyl (C=O) groups excluding carboxylic acids is 1. The fourth-order valence-electron chi connectivity index (χ4n) is 1.20. The van der Waals surface area contributed by atoms with Crippen LogP contribution < -0.4 is 10.6 Å². The lowest BCUT2D eigenvalue weighted by atomic mass is 10.2. The highest BCUT2D eigenvalue weighted by Gasteiger charge is 2.04. The lowest BCUT2D eigenvalue weighted by Gasteiger charge is -2.07. The third-order valence-corrected chi connectivity index (χ3v) is 2.08. The molecule has 6 heteroatoms. The average molecular weight is 240 g/mol. The molecule has 0 aliphatic heterocycles. The summed E-state index contributed by atoms with van der Waals surface area (Å²) in [6, 6.07) is 1.53. The summed E-state index contributed by atoms with van der Waals surface area (Å²) in [5.74, 6) is 0.974. The van der Waals surface area contributed by atoms with Crippen LogP contribution in [0.4, 0.5) is 10.6 Å². The van der Waals surface area contributed by atoms with E-state index >= 15 is 0 Å². The Labute approximate surface area is 101 Å². The highest BCUT2D eigenvalue weighted by molar-refractivity contribution is 5.88. The zero-order valence-corrected chi connectivity index (χ0v) is 10.6. The molecule has 0 unspecified atom stereocenters. The van der Waals surface area contributed by atoms with E-state index in [4.69, 9.17) is 4.74 Å². The van der Waals surface area contributed by atoms with Gasteiger partial charge in [0.05, 0.1) is 13.2 Å². The zero-order valence-electron chi connectivity index (χ0n) is 10.6. The van der Waals surface area contributed by atoms with Gasteiger partial charge in [-0.1, -0.05) is 13.8 Å². The third-order valence-electron chi connectivity index (χ3n) is 2.08. The first-order chi connectivity index (χ1) is 8.11. The fraction of sp³-hybridized carbons (Fsp3) is 0.636. The van der Waals surface area contributed by atoms with Gasteiger partial charge >= 0.3 is 6.03 Å². The van der Waals surface area contributed by atoms with E-state index in [1.54, 1.807) is 24.1 Å². The maximum Gasteiger partial charge on any atom is 0.320 e. The van der Waals surface area contributed by atoms with Crippen molar-refractivity contribution in [1.29, 1.82) is 0 Å². The van der Waals surface area contributed by atoms with E-state index in [2.05, 4.69) is 15.7 Å². The molecule has 6 nitrogen and oxygen atoms in total. The van der Waals surface area contributed by atoms with Gasteiger partial charge in [0.25, 0.3) is 0 Å². The molecule has 1 aromatic rings. The van der Waals surface area contributed by atoms with Crippen LogP contribution in [-0.2, 0) is 11.3 Å². The van der Waals surface area contributed by atoms with Gasteiger partial charge in [0.2, 0.25) is 0 Å². The van der Waals surface area contributed by atoms with Crippen LogP contribution in [-0.4, -0.2) is 36.1 Å². The van der Waals surface area contributed by atoms with Crippen LogP contribution >= 0.6 is 0 Å². The van der Waals surface area contributed by atoms with Gasteiger partial charge in [-0.25, -0.2) is 4.79 Å². The summed E-state index contributed by atoms with van der Waals surface area (Å²) in [6.07, 6.45) is 1.80. The molecule has 96 valence electrons. The van der Waals surface area contributed by atoms with E-state index in [0.29, 0.717) is 31.4 Å². The molecular weight excluding hydrogens is 220 g/mol. The van der Waals surface area contributed by atoms with Crippen LogP contribution in [0.3, 0.4) is 0 Å². The van der Waals surface area contributed by atoms with Gasteiger partial charge in [-0.2, -0.15) is 5.10 Å². The number of methoxy groups -OCH3 is 1. The molecule has 0 saturated heterocycles. The minimum atomic E-state index is -0.226. The Balaban J connectivity index is 2.35. The molecule has 1 aromatic heterocycles. The van der Waals surface area contributed by atoms with E-state index < -0.39 is 0 Å². The Morgan fingerprint density at radius 1 is 1.59 bits per heavy atom. The van der Waals surface area contributed by atoms with E-state index in [0.717, 1.165) is 0 Å². The van der Waals surface area contributed by atoms with Crippen LogP contribution in [0.25, 0.3) is 0 Å². The predicted octanol–water partition coefficient (Wildman–Crippen LogP) is 1.31. The van der Waals surface area contributed by atoms with Crippen molar-refractivity contribution in [3.8, 4) is 0 Å². The first-order valence-electron chi connectivity index (χ1n) is 5.69. The highest BCUT2D eigenvalue weighted by Crippen LogP contribution is 2.02. The minimum absolute atomic E-state index is 0.226. The smallest absolute Gasteiger partial charge is 0.320 e. The minimum Gasteiger partial charge on any atom is -0.383 e. The van der Waals surface area contributed by atoms with Gasteiger partial charge in [-0.05, 0) is 5.92 Å². The molecule has 0 aromatic carbocycles. The Kier molecular flexibility index (Phi) is 5.48. The van der Waals surface area contributed by atoms with Crippen molar-refractivity contribution in [2.75, 3.05) is 25.6 Å². The van der Waals surface area contributed by atoms with Crippen LogP contribution in [0.15, 0.2) is 12.3 Å². The lowest BCUT2D eigenvalue weighted by Crippen LogP contribution is -2.31. The molecule has 1 rings (SSSR count). The Morgan fingerprint density at radius 3 is 3.00 bits per heavy atom. The van der Waals surface area contributed by atoms with E-state index in [1.807, 2.05) is 13.8 Å². The summed E-state index contributed by atoms with van der Waals surface area (Å²) in [6.45, 7) is 6.00. The number of aromatic nitrogens is 2. The number of rotatable bonds is 6. The molecule has 0 radical (unpaired) electrons. The van der Waals surface area contributed by atoms with Crippen molar-refractivity contribution in [1.82, 2.24) is 15.1 Å². The van der Waals surface area contributed by atoms with Crippen molar-refractivity contribution in [3.05, 3.63) is 12.3 Å². The maximum absolute atomic E-state index is 11.4. The molecule has 0 aliphatic carbocycles. The van der Waals surface area contributed by atoms with Crippen molar-refractivity contribution in [3.63, 3.8) is 0 Å². The molecule has 0 bridgehead atoms. The molecule has 0 fully saturated rings. The highest BCUT2D eigenvalue weighted by atomic mass is 16.5. The van der Waals surface area contributed by atoms with Crippen molar-refractivity contribution in [2.24, 2.45) is 5.92 Å². The molecule has 17 heavy (non-hydrogen) atoms. The predicted molar refractivity (Wildman–Crippen MR) is 66.0 cm³/mol. The first-order valence-corrected chi connectivity index (χ1v) is 5.69. The summed E-state index contributed by atoms with van der Waals surface area (Å²) in [4.78, 5) is 11.4. The number of urea groups is 1. The van der Waals surface area contributed by atoms with Gasteiger partial charge in [0, 0.05) is 25.9 Å². The van der Waals surface area contributed by atoms with E-state index in [1.165, 1.54) is 0 Å². The van der Waals surface area contributed by atoms with Crippen molar-refractivity contribution < 1.29 is 9.53 Å². The number of hydrogen-bond donors (Lipinski definition) is 2. The van der Waals surface area contributed by atoms with Gasteiger partial charge < -0.3 is 10.1 Å². The maximum atomic E-state index is 11.4. The lowest BCUT2D eigenvalue weighted by molar-refractivity contribution is 0.183. The number of ether oxygens (including phenoxy) is 1. The van der Waals surface area contributed by atoms with Crippen LogP contribution in [0.1, 0.15) is 13.8 Å². The van der Waals surface area contributed by atoms with E-state index in [-0.39, 0.29) is 6.03 Å². The molecular formula is C11H20N4O2. The number of anilines is 1. The van der Waals surface area contributed by atoms with E-state index in [9.17, 15) is 4.79 Å². The molecule has 1 heterocycles. The quantitative estimate of drug-likeness (QED) is 0.787. The number of amides is 2. The van der Waals surface area contributed by atoms with Crippen molar-refractivity contribution in [2.45, 2.75) is 20.4 Å². The molecule has 0 saturated carbocycles. The van der Waals surface area contributed by atoms with Crippen LogP contribution in [0.2, 0.25) is 0 Å². The Bertz CT molecular complexity index is 349. The zero-order chi connectivity index (χ0) is 12.7. The van der Waals surface area contributed by atoms with Gasteiger partial charge in [-0.3, -0.25) is 10.00 Å². The molecule has 2 N–H and O–H groups in total. The third kappa shape index (κ3) is 5.35. The van der Waals surface area contributed by atoms with Gasteiger partial charge in [-0.15, -0.1) is 0 Å². The SMILES string of the molecule is COCCn1ccc(NC(=O)NCC(C)C)n1. The number of nitrogens with zero attached hydrogens (tertiary/aromatic N) is 2. The topological polar surface area (TPSA) is 68.2 Å². The summed E-state index contributed by atoms with van der Waals surface area (Å²) >= 11 is 0. The summed E-state index contributed by atoms with van der Waals surface area (Å²) in [7, 11) is 1.64. The second-order valence-corrected chi connectivity index (χ2v) is 4.19. The monoisotopic (exact) mass is 240 g/mol. The summed E-state index contributed by atoms with van der Waals surface area (Å²) in [5, 5.41) is 9.61. The normalized spacial score (nSPS) is 10.6. The second-order valence-electron chi connectivity index (χ2n) is 4.19. The van der Waals surface area contributed by atoms with Crippen molar-refractivity contribution >= 4 is 11.8 Å².